The monoisotopic (exact) mass is 296 g/mol. The van der Waals surface area contributed by atoms with Gasteiger partial charge in [0.2, 0.25) is 0 Å². The predicted octanol–water partition coefficient (Wildman–Crippen LogP) is 3.15. The summed E-state index contributed by atoms with van der Waals surface area (Å²) in [6, 6.07) is 12.3. The van der Waals surface area contributed by atoms with Crippen LogP contribution in [0.15, 0.2) is 42.5 Å². The van der Waals surface area contributed by atoms with Gasteiger partial charge in [-0.15, -0.1) is 24.8 Å². The van der Waals surface area contributed by atoms with Crippen LogP contribution in [-0.4, -0.2) is 9.79 Å². The SMILES string of the molecule is Cl.Cl.O=P(O)(O)Oc1cccc2ccccc12. The van der Waals surface area contributed by atoms with Crippen molar-refractivity contribution in [3.8, 4) is 5.75 Å². The van der Waals surface area contributed by atoms with E-state index in [9.17, 15) is 4.57 Å². The van der Waals surface area contributed by atoms with E-state index in [2.05, 4.69) is 4.52 Å². The Morgan fingerprint density at radius 3 is 2.18 bits per heavy atom. The standard InChI is InChI=1S/C10H9O4P.2ClH/c11-15(12,13)14-10-7-3-5-8-4-1-2-6-9(8)10;;/h1-7H,(H2,11,12,13);2*1H. The lowest BCUT2D eigenvalue weighted by atomic mass is 10.1. The average Bonchev–Trinajstić information content (AvgIpc) is 2.16. The van der Waals surface area contributed by atoms with Gasteiger partial charge in [-0.3, -0.25) is 9.79 Å². The number of hydrogen-bond acceptors (Lipinski definition) is 2. The highest BCUT2D eigenvalue weighted by Crippen LogP contribution is 2.40. The van der Waals surface area contributed by atoms with E-state index in [1.165, 1.54) is 6.07 Å². The van der Waals surface area contributed by atoms with E-state index in [0.29, 0.717) is 5.39 Å². The normalized spacial score (nSPS) is 10.2. The lowest BCUT2D eigenvalue weighted by Crippen LogP contribution is -1.90. The molecule has 2 aromatic carbocycles. The third kappa shape index (κ3) is 4.19. The molecule has 0 aliphatic carbocycles. The van der Waals surface area contributed by atoms with Gasteiger partial charge in [0, 0.05) is 5.39 Å². The summed E-state index contributed by atoms with van der Waals surface area (Å²) < 4.78 is 15.3. The largest absolute Gasteiger partial charge is 0.524 e. The third-order valence-corrected chi connectivity index (χ3v) is 2.40. The van der Waals surface area contributed by atoms with Crippen molar-refractivity contribution in [1.29, 1.82) is 0 Å². The molecule has 94 valence electrons. The zero-order valence-corrected chi connectivity index (χ0v) is 11.0. The fourth-order valence-corrected chi connectivity index (χ4v) is 1.82. The summed E-state index contributed by atoms with van der Waals surface area (Å²) in [5.41, 5.74) is 0. The summed E-state index contributed by atoms with van der Waals surface area (Å²) in [5, 5.41) is 1.56. The topological polar surface area (TPSA) is 66.8 Å². The molecule has 0 radical (unpaired) electrons. The zero-order valence-electron chi connectivity index (χ0n) is 8.52. The molecule has 0 saturated heterocycles. The first-order valence-electron chi connectivity index (χ1n) is 4.29. The van der Waals surface area contributed by atoms with Crippen LogP contribution in [0, 0.1) is 0 Å². The van der Waals surface area contributed by atoms with Gasteiger partial charge in [-0.2, -0.15) is 0 Å². The molecule has 0 fully saturated rings. The Hall–Kier alpha value is -0.770. The second kappa shape index (κ2) is 6.24. The van der Waals surface area contributed by atoms with Crippen molar-refractivity contribution >= 4 is 43.4 Å². The van der Waals surface area contributed by atoms with Crippen LogP contribution in [0.1, 0.15) is 0 Å². The molecule has 7 heteroatoms. The molecule has 0 heterocycles. The summed E-state index contributed by atoms with van der Waals surface area (Å²) in [4.78, 5) is 17.4. The Morgan fingerprint density at radius 1 is 0.941 bits per heavy atom. The molecule has 0 bridgehead atoms. The van der Waals surface area contributed by atoms with E-state index >= 15 is 0 Å². The van der Waals surface area contributed by atoms with Crippen LogP contribution in [0.5, 0.6) is 5.75 Å². The van der Waals surface area contributed by atoms with Crippen LogP contribution < -0.4 is 4.52 Å². The number of phosphoric ester groups is 1. The maximum absolute atomic E-state index is 10.7. The lowest BCUT2D eigenvalue weighted by Gasteiger charge is -2.09. The van der Waals surface area contributed by atoms with Gasteiger partial charge in [0.05, 0.1) is 0 Å². The smallest absolute Gasteiger partial charge is 0.404 e. The summed E-state index contributed by atoms with van der Waals surface area (Å²) >= 11 is 0. The maximum Gasteiger partial charge on any atom is 0.524 e. The second-order valence-electron chi connectivity index (χ2n) is 3.06. The van der Waals surface area contributed by atoms with E-state index < -0.39 is 7.82 Å². The van der Waals surface area contributed by atoms with E-state index in [1.54, 1.807) is 18.2 Å². The highest BCUT2D eigenvalue weighted by atomic mass is 35.5. The Balaban J connectivity index is 0.00000128. The van der Waals surface area contributed by atoms with Crippen molar-refractivity contribution in [3.05, 3.63) is 42.5 Å². The van der Waals surface area contributed by atoms with Crippen molar-refractivity contribution in [3.63, 3.8) is 0 Å². The maximum atomic E-state index is 10.7. The minimum absolute atomic E-state index is 0. The van der Waals surface area contributed by atoms with Crippen molar-refractivity contribution in [2.24, 2.45) is 0 Å². The minimum Gasteiger partial charge on any atom is -0.404 e. The number of benzene rings is 2. The van der Waals surface area contributed by atoms with E-state index in [-0.39, 0.29) is 30.6 Å². The zero-order chi connectivity index (χ0) is 10.9. The number of halogens is 2. The quantitative estimate of drug-likeness (QED) is 0.836. The molecule has 2 aromatic rings. The van der Waals surface area contributed by atoms with Crippen molar-refractivity contribution in [1.82, 2.24) is 0 Å². The molecule has 2 N–H and O–H groups in total. The van der Waals surface area contributed by atoms with Gasteiger partial charge < -0.3 is 4.52 Å². The van der Waals surface area contributed by atoms with Gasteiger partial charge in [0.15, 0.2) is 0 Å². The van der Waals surface area contributed by atoms with Crippen LogP contribution in [0.4, 0.5) is 0 Å². The Kier molecular flexibility index (Phi) is 5.96. The van der Waals surface area contributed by atoms with Crippen LogP contribution >= 0.6 is 32.6 Å². The molecule has 0 unspecified atom stereocenters. The van der Waals surface area contributed by atoms with Gasteiger partial charge in [0.1, 0.15) is 5.75 Å². The fraction of sp³-hybridized carbons (Fsp3) is 0. The van der Waals surface area contributed by atoms with Crippen LogP contribution in [0.3, 0.4) is 0 Å². The van der Waals surface area contributed by atoms with Crippen molar-refractivity contribution < 1.29 is 18.9 Å². The first kappa shape index (κ1) is 16.2. The van der Waals surface area contributed by atoms with Gasteiger partial charge in [-0.05, 0) is 11.5 Å². The molecule has 0 aromatic heterocycles. The number of rotatable bonds is 2. The first-order chi connectivity index (χ1) is 7.06. The van der Waals surface area contributed by atoms with Crippen molar-refractivity contribution in [2.75, 3.05) is 0 Å². The van der Waals surface area contributed by atoms with Gasteiger partial charge in [-0.25, -0.2) is 4.57 Å². The third-order valence-electron chi connectivity index (χ3n) is 1.97. The average molecular weight is 297 g/mol. The van der Waals surface area contributed by atoms with Crippen LogP contribution in [-0.2, 0) is 4.57 Å². The molecular formula is C10H11Cl2O4P. The van der Waals surface area contributed by atoms with Crippen molar-refractivity contribution in [2.45, 2.75) is 0 Å². The van der Waals surface area contributed by atoms with E-state index in [0.717, 1.165) is 5.39 Å². The highest BCUT2D eigenvalue weighted by molar-refractivity contribution is 7.46. The van der Waals surface area contributed by atoms with E-state index in [1.807, 2.05) is 18.2 Å². The number of hydrogen-bond donors (Lipinski definition) is 2. The summed E-state index contributed by atoms with van der Waals surface area (Å²) in [5.74, 6) is 0.196. The molecule has 4 nitrogen and oxygen atoms in total. The minimum atomic E-state index is -4.49. The molecule has 0 aliphatic heterocycles. The molecule has 0 spiro atoms. The molecular weight excluding hydrogens is 286 g/mol. The number of fused-ring (bicyclic) bond motifs is 1. The molecule has 0 amide bonds. The Labute approximate surface area is 111 Å². The first-order valence-corrected chi connectivity index (χ1v) is 5.82. The van der Waals surface area contributed by atoms with Gasteiger partial charge in [-0.1, -0.05) is 36.4 Å². The Morgan fingerprint density at radius 2 is 1.53 bits per heavy atom. The second-order valence-corrected chi connectivity index (χ2v) is 4.22. The molecule has 0 atom stereocenters. The van der Waals surface area contributed by atoms with Gasteiger partial charge >= 0.3 is 7.82 Å². The predicted molar refractivity (Wildman–Crippen MR) is 71.1 cm³/mol. The molecule has 2 rings (SSSR count). The lowest BCUT2D eigenvalue weighted by molar-refractivity contribution is 0.284. The Bertz CT molecular complexity index is 535. The summed E-state index contributed by atoms with van der Waals surface area (Å²) in [7, 11) is -4.49. The highest BCUT2D eigenvalue weighted by Gasteiger charge is 2.16. The molecule has 0 saturated carbocycles. The van der Waals surface area contributed by atoms with Gasteiger partial charge in [0.25, 0.3) is 0 Å². The molecule has 17 heavy (non-hydrogen) atoms. The fourth-order valence-electron chi connectivity index (χ4n) is 1.40. The van der Waals surface area contributed by atoms with Crippen LogP contribution in [0.2, 0.25) is 0 Å². The summed E-state index contributed by atoms with van der Waals surface area (Å²) in [6.45, 7) is 0. The number of phosphoric acid groups is 1. The summed E-state index contributed by atoms with van der Waals surface area (Å²) in [6.07, 6.45) is 0. The van der Waals surface area contributed by atoms with Crippen LogP contribution in [0.25, 0.3) is 10.8 Å². The van der Waals surface area contributed by atoms with E-state index in [4.69, 9.17) is 9.79 Å². The molecule has 0 aliphatic rings.